The van der Waals surface area contributed by atoms with Crippen molar-refractivity contribution in [3.05, 3.63) is 53.0 Å². The van der Waals surface area contributed by atoms with Crippen molar-refractivity contribution in [2.75, 3.05) is 24.7 Å². The van der Waals surface area contributed by atoms with Gasteiger partial charge in [-0.25, -0.2) is 12.7 Å². The van der Waals surface area contributed by atoms with Crippen LogP contribution in [-0.4, -0.2) is 38.0 Å². The maximum absolute atomic E-state index is 12.5. The highest BCUT2D eigenvalue weighted by atomic mass is 79.9. The molecule has 0 saturated carbocycles. The fourth-order valence-electron chi connectivity index (χ4n) is 2.95. The summed E-state index contributed by atoms with van der Waals surface area (Å²) in [5.41, 5.74) is 0.719. The largest absolute Gasteiger partial charge is 0.326 e. The number of carbonyl (C=O) groups excluding carboxylic acids is 1. The number of anilines is 1. The van der Waals surface area contributed by atoms with E-state index < -0.39 is 10.0 Å². The predicted octanol–water partition coefficient (Wildman–Crippen LogP) is 4.21. The lowest BCUT2D eigenvalue weighted by Gasteiger charge is -2.30. The van der Waals surface area contributed by atoms with Gasteiger partial charge >= 0.3 is 0 Å². The Hall–Kier alpha value is -1.35. The minimum Gasteiger partial charge on any atom is -0.326 e. The van der Waals surface area contributed by atoms with E-state index in [1.807, 2.05) is 48.5 Å². The van der Waals surface area contributed by atoms with Gasteiger partial charge in [0.25, 0.3) is 0 Å². The van der Waals surface area contributed by atoms with Crippen molar-refractivity contribution in [1.82, 2.24) is 4.31 Å². The highest BCUT2D eigenvalue weighted by Crippen LogP contribution is 2.29. The third kappa shape index (κ3) is 5.81. The molecule has 27 heavy (non-hydrogen) atoms. The molecule has 1 amide bonds. The van der Waals surface area contributed by atoms with Gasteiger partial charge in [-0.05, 0) is 61.4 Å². The number of rotatable bonds is 5. The minimum absolute atomic E-state index is 0.128. The number of benzene rings is 2. The lowest BCUT2D eigenvalue weighted by Crippen LogP contribution is -2.43. The van der Waals surface area contributed by atoms with Gasteiger partial charge in [-0.3, -0.25) is 4.79 Å². The zero-order valence-electron chi connectivity index (χ0n) is 14.9. The van der Waals surface area contributed by atoms with Gasteiger partial charge in [0.05, 0.1) is 12.2 Å². The van der Waals surface area contributed by atoms with E-state index in [2.05, 4.69) is 21.2 Å². The number of halogens is 1. The second-order valence-corrected chi connectivity index (χ2v) is 10.6. The Bertz CT molecular complexity index is 900. The molecule has 144 valence electrons. The Morgan fingerprint density at radius 2 is 1.70 bits per heavy atom. The topological polar surface area (TPSA) is 66.5 Å². The number of carbonyl (C=O) groups is 1. The second kappa shape index (κ2) is 8.77. The van der Waals surface area contributed by atoms with Crippen LogP contribution in [0, 0.1) is 5.92 Å². The third-order valence-electron chi connectivity index (χ3n) is 4.40. The molecular formula is C19H21BrN2O3S2. The molecule has 1 N–H and O–H groups in total. The Morgan fingerprint density at radius 3 is 2.30 bits per heavy atom. The number of nitrogens with one attached hydrogen (secondary N) is 1. The van der Waals surface area contributed by atoms with E-state index in [0.29, 0.717) is 19.4 Å². The van der Waals surface area contributed by atoms with Gasteiger partial charge in [-0.15, -0.1) is 0 Å². The fourth-order valence-corrected chi connectivity index (χ4v) is 4.94. The molecule has 1 fully saturated rings. The number of hydrogen-bond acceptors (Lipinski definition) is 4. The smallest absolute Gasteiger partial charge is 0.228 e. The average molecular weight is 469 g/mol. The first-order chi connectivity index (χ1) is 12.8. The van der Waals surface area contributed by atoms with Crippen LogP contribution in [0.15, 0.2) is 62.8 Å². The molecular weight excluding hydrogens is 448 g/mol. The van der Waals surface area contributed by atoms with Crippen LogP contribution in [0.2, 0.25) is 0 Å². The van der Waals surface area contributed by atoms with E-state index in [0.717, 1.165) is 20.0 Å². The lowest BCUT2D eigenvalue weighted by atomic mass is 9.99. The Kier molecular flexibility index (Phi) is 6.62. The van der Waals surface area contributed by atoms with Crippen molar-refractivity contribution in [1.29, 1.82) is 0 Å². The molecule has 0 spiro atoms. The van der Waals surface area contributed by atoms with Gasteiger partial charge in [0.2, 0.25) is 15.9 Å². The first kappa shape index (κ1) is 20.4. The van der Waals surface area contributed by atoms with Crippen LogP contribution in [0.1, 0.15) is 12.8 Å². The molecule has 1 saturated heterocycles. The van der Waals surface area contributed by atoms with E-state index >= 15 is 0 Å². The summed E-state index contributed by atoms with van der Waals surface area (Å²) in [6.45, 7) is 0.743. The van der Waals surface area contributed by atoms with Crippen LogP contribution in [0.25, 0.3) is 0 Å². The summed E-state index contributed by atoms with van der Waals surface area (Å²) in [7, 11) is -3.26. The summed E-state index contributed by atoms with van der Waals surface area (Å²) in [5.74, 6) is -0.443. The van der Waals surface area contributed by atoms with Crippen LogP contribution in [0.4, 0.5) is 5.69 Å². The van der Waals surface area contributed by atoms with Crippen LogP contribution in [-0.2, 0) is 14.8 Å². The van der Waals surface area contributed by atoms with Crippen molar-refractivity contribution >= 4 is 49.3 Å². The maximum Gasteiger partial charge on any atom is 0.228 e. The Labute approximate surface area is 172 Å². The summed E-state index contributed by atoms with van der Waals surface area (Å²) in [5, 5.41) is 2.91. The molecule has 1 aliphatic rings. The highest BCUT2D eigenvalue weighted by Gasteiger charge is 2.30. The van der Waals surface area contributed by atoms with Crippen LogP contribution in [0.5, 0.6) is 0 Å². The lowest BCUT2D eigenvalue weighted by molar-refractivity contribution is -0.120. The second-order valence-electron chi connectivity index (χ2n) is 6.53. The van der Waals surface area contributed by atoms with Crippen molar-refractivity contribution in [3.8, 4) is 0 Å². The third-order valence-corrected chi connectivity index (χ3v) is 7.21. The quantitative estimate of drug-likeness (QED) is 0.713. The number of piperidine rings is 1. The summed E-state index contributed by atoms with van der Waals surface area (Å²) >= 11 is 5.07. The molecule has 3 rings (SSSR count). The molecule has 0 bridgehead atoms. The molecule has 1 heterocycles. The standard InChI is InChI=1S/C19H21BrN2O3S2/c1-27(24,25)22-12-2-3-14(13-22)19(23)21-16-6-10-18(11-7-16)26-17-8-4-15(20)5-9-17/h4-11,14H,2-3,12-13H2,1H3,(H,21,23)/t14-/m1/s1. The minimum atomic E-state index is -3.26. The zero-order valence-corrected chi connectivity index (χ0v) is 18.1. The first-order valence-corrected chi connectivity index (χ1v) is 12.1. The molecule has 0 aliphatic carbocycles. The normalized spacial score (nSPS) is 18.2. The Balaban J connectivity index is 1.59. The number of amides is 1. The molecule has 0 aromatic heterocycles. The summed E-state index contributed by atoms with van der Waals surface area (Å²) in [6.07, 6.45) is 2.60. The van der Waals surface area contributed by atoms with Gasteiger partial charge in [0.15, 0.2) is 0 Å². The van der Waals surface area contributed by atoms with E-state index in [1.54, 1.807) is 11.8 Å². The van der Waals surface area contributed by atoms with Crippen molar-refractivity contribution < 1.29 is 13.2 Å². The number of sulfonamides is 1. The molecule has 5 nitrogen and oxygen atoms in total. The maximum atomic E-state index is 12.5. The monoisotopic (exact) mass is 468 g/mol. The van der Waals surface area contributed by atoms with Gasteiger partial charge in [-0.1, -0.05) is 27.7 Å². The van der Waals surface area contributed by atoms with Crippen molar-refractivity contribution in [2.45, 2.75) is 22.6 Å². The predicted molar refractivity (Wildman–Crippen MR) is 112 cm³/mol. The number of nitrogens with zero attached hydrogens (tertiary/aromatic N) is 1. The van der Waals surface area contributed by atoms with Crippen LogP contribution in [0.3, 0.4) is 0 Å². The van der Waals surface area contributed by atoms with Gasteiger partial charge < -0.3 is 5.32 Å². The number of hydrogen-bond donors (Lipinski definition) is 1. The SMILES string of the molecule is CS(=O)(=O)N1CCC[C@@H](C(=O)Nc2ccc(Sc3ccc(Br)cc3)cc2)C1. The molecule has 1 atom stereocenters. The molecule has 0 radical (unpaired) electrons. The van der Waals surface area contributed by atoms with E-state index in [1.165, 1.54) is 10.6 Å². The van der Waals surface area contributed by atoms with E-state index in [4.69, 9.17) is 0 Å². The summed E-state index contributed by atoms with van der Waals surface area (Å²) in [6, 6.07) is 15.8. The molecule has 2 aromatic carbocycles. The zero-order chi connectivity index (χ0) is 19.4. The summed E-state index contributed by atoms with van der Waals surface area (Å²) in [4.78, 5) is 14.7. The molecule has 0 unspecified atom stereocenters. The van der Waals surface area contributed by atoms with Crippen LogP contribution >= 0.6 is 27.7 Å². The first-order valence-electron chi connectivity index (χ1n) is 8.61. The molecule has 8 heteroatoms. The summed E-state index contributed by atoms with van der Waals surface area (Å²) < 4.78 is 25.8. The van der Waals surface area contributed by atoms with Gasteiger partial charge in [0, 0.05) is 33.0 Å². The van der Waals surface area contributed by atoms with Crippen molar-refractivity contribution in [3.63, 3.8) is 0 Å². The van der Waals surface area contributed by atoms with E-state index in [9.17, 15) is 13.2 Å². The molecule has 2 aromatic rings. The van der Waals surface area contributed by atoms with Gasteiger partial charge in [-0.2, -0.15) is 0 Å². The highest BCUT2D eigenvalue weighted by molar-refractivity contribution is 9.10. The van der Waals surface area contributed by atoms with Crippen molar-refractivity contribution in [2.24, 2.45) is 5.92 Å². The average Bonchev–Trinajstić information content (AvgIpc) is 2.64. The fraction of sp³-hybridized carbons (Fsp3) is 0.316. The van der Waals surface area contributed by atoms with E-state index in [-0.39, 0.29) is 18.4 Å². The van der Waals surface area contributed by atoms with Crippen LogP contribution < -0.4 is 5.32 Å². The van der Waals surface area contributed by atoms with Gasteiger partial charge in [0.1, 0.15) is 0 Å². The Morgan fingerprint density at radius 1 is 1.11 bits per heavy atom. The molecule has 1 aliphatic heterocycles.